The summed E-state index contributed by atoms with van der Waals surface area (Å²) < 4.78 is 39.7. The maximum absolute atomic E-state index is 12.8. The molecule has 3 rings (SSSR count). The van der Waals surface area contributed by atoms with Crippen LogP contribution < -0.4 is 5.32 Å². The van der Waals surface area contributed by atoms with E-state index in [1.165, 1.54) is 4.68 Å². The zero-order valence-corrected chi connectivity index (χ0v) is 10.9. The van der Waals surface area contributed by atoms with Crippen LogP contribution in [0.15, 0.2) is 30.3 Å². The lowest BCUT2D eigenvalue weighted by Crippen LogP contribution is -2.24. The minimum absolute atomic E-state index is 0.150. The van der Waals surface area contributed by atoms with Gasteiger partial charge < -0.3 is 5.32 Å². The van der Waals surface area contributed by atoms with Gasteiger partial charge in [0.2, 0.25) is 0 Å². The first kappa shape index (κ1) is 13.0. The Bertz CT molecular complexity index is 614. The second kappa shape index (κ2) is 4.54. The van der Waals surface area contributed by atoms with Gasteiger partial charge >= 0.3 is 6.18 Å². The first-order valence-electron chi connectivity index (χ1n) is 6.42. The van der Waals surface area contributed by atoms with E-state index >= 15 is 0 Å². The van der Waals surface area contributed by atoms with Crippen molar-refractivity contribution in [1.29, 1.82) is 0 Å². The number of aryl methyl sites for hydroxylation is 1. The molecule has 1 aromatic carbocycles. The summed E-state index contributed by atoms with van der Waals surface area (Å²) in [6.45, 7) is 2.62. The van der Waals surface area contributed by atoms with E-state index in [4.69, 9.17) is 0 Å². The number of hydrogen-bond donors (Lipinski definition) is 1. The lowest BCUT2D eigenvalue weighted by atomic mass is 10.0. The number of rotatable bonds is 1. The van der Waals surface area contributed by atoms with Crippen LogP contribution in [0.4, 0.5) is 19.0 Å². The Morgan fingerprint density at radius 3 is 2.60 bits per heavy atom. The molecule has 2 heterocycles. The van der Waals surface area contributed by atoms with E-state index in [2.05, 4.69) is 10.4 Å². The molecule has 20 heavy (non-hydrogen) atoms. The predicted molar refractivity (Wildman–Crippen MR) is 69.7 cm³/mol. The fraction of sp³-hybridized carbons (Fsp3) is 0.357. The number of benzene rings is 1. The summed E-state index contributed by atoms with van der Waals surface area (Å²) in [5, 5.41) is 6.70. The van der Waals surface area contributed by atoms with Gasteiger partial charge in [-0.25, -0.2) is 4.68 Å². The van der Waals surface area contributed by atoms with E-state index in [-0.39, 0.29) is 6.04 Å². The fourth-order valence-electron chi connectivity index (χ4n) is 2.46. The Morgan fingerprint density at radius 1 is 1.25 bits per heavy atom. The third-order valence-corrected chi connectivity index (χ3v) is 3.51. The maximum Gasteiger partial charge on any atom is 0.435 e. The number of alkyl halides is 3. The molecule has 3 nitrogen and oxygen atoms in total. The molecule has 2 aromatic rings. The van der Waals surface area contributed by atoms with Crippen LogP contribution in [0.5, 0.6) is 0 Å². The fourth-order valence-corrected chi connectivity index (χ4v) is 2.46. The number of nitrogens with zero attached hydrogens (tertiary/aromatic N) is 2. The summed E-state index contributed by atoms with van der Waals surface area (Å²) in [5.74, 6) is 0.425. The van der Waals surface area contributed by atoms with Crippen molar-refractivity contribution in [2.45, 2.75) is 25.6 Å². The van der Waals surface area contributed by atoms with Crippen LogP contribution in [0.2, 0.25) is 0 Å². The number of halogens is 3. The van der Waals surface area contributed by atoms with Crippen molar-refractivity contribution >= 4 is 5.82 Å². The number of nitrogens with one attached hydrogen (secondary N) is 1. The lowest BCUT2D eigenvalue weighted by molar-refractivity contribution is -0.141. The number of anilines is 1. The smallest absolute Gasteiger partial charge is 0.370 e. The molecule has 1 N–H and O–H groups in total. The van der Waals surface area contributed by atoms with Crippen LogP contribution >= 0.6 is 0 Å². The van der Waals surface area contributed by atoms with Crippen LogP contribution in [0, 0.1) is 6.92 Å². The molecule has 0 amide bonds. The highest BCUT2D eigenvalue weighted by Gasteiger charge is 2.36. The van der Waals surface area contributed by atoms with Gasteiger partial charge in [0.15, 0.2) is 5.69 Å². The standard InChI is InChI=1S/C14H14F3N3/c1-9-2-4-10(5-3-9)11-6-7-18-13-8-12(14(15,16)17)19-20(11)13/h2-5,8,11,18H,6-7H2,1H3. The van der Waals surface area contributed by atoms with Gasteiger partial charge in [-0.1, -0.05) is 29.8 Å². The molecular weight excluding hydrogens is 267 g/mol. The third-order valence-electron chi connectivity index (χ3n) is 3.51. The summed E-state index contributed by atoms with van der Waals surface area (Å²) in [7, 11) is 0. The topological polar surface area (TPSA) is 29.9 Å². The van der Waals surface area contributed by atoms with Crippen LogP contribution in [-0.2, 0) is 6.18 Å². The van der Waals surface area contributed by atoms with Crippen molar-refractivity contribution in [2.24, 2.45) is 0 Å². The molecule has 6 heteroatoms. The summed E-state index contributed by atoms with van der Waals surface area (Å²) in [6, 6.07) is 8.74. The van der Waals surface area contributed by atoms with Crippen molar-refractivity contribution in [3.63, 3.8) is 0 Å². The third kappa shape index (κ3) is 2.26. The Morgan fingerprint density at radius 2 is 1.95 bits per heavy atom. The van der Waals surface area contributed by atoms with Gasteiger partial charge in [-0.05, 0) is 18.9 Å². The van der Waals surface area contributed by atoms with Crippen molar-refractivity contribution in [3.05, 3.63) is 47.2 Å². The van der Waals surface area contributed by atoms with Crippen molar-refractivity contribution < 1.29 is 13.2 Å². The summed E-state index contributed by atoms with van der Waals surface area (Å²) >= 11 is 0. The first-order valence-corrected chi connectivity index (χ1v) is 6.42. The molecule has 0 saturated heterocycles. The normalized spacial score (nSPS) is 18.5. The van der Waals surface area contributed by atoms with Gasteiger partial charge in [-0.15, -0.1) is 0 Å². The average molecular weight is 281 g/mol. The zero-order chi connectivity index (χ0) is 14.3. The lowest BCUT2D eigenvalue weighted by Gasteiger charge is -2.26. The highest BCUT2D eigenvalue weighted by Crippen LogP contribution is 2.35. The molecule has 1 aliphatic heterocycles. The Hall–Kier alpha value is -1.98. The van der Waals surface area contributed by atoms with Crippen LogP contribution in [0.1, 0.15) is 29.3 Å². The Labute approximate surface area is 114 Å². The SMILES string of the molecule is Cc1ccc(C2CCNc3cc(C(F)(F)F)nn32)cc1. The van der Waals surface area contributed by atoms with Gasteiger partial charge in [0.05, 0.1) is 6.04 Å². The van der Waals surface area contributed by atoms with Gasteiger partial charge in [-0.3, -0.25) is 0 Å². The molecule has 0 bridgehead atoms. The number of hydrogen-bond acceptors (Lipinski definition) is 2. The summed E-state index contributed by atoms with van der Waals surface area (Å²) in [6.07, 6.45) is -3.70. The molecule has 1 aromatic heterocycles. The minimum atomic E-state index is -4.41. The molecule has 1 atom stereocenters. The molecule has 0 fully saturated rings. The Kier molecular flexibility index (Phi) is 2.96. The molecule has 1 unspecified atom stereocenters. The molecule has 0 spiro atoms. The Balaban J connectivity index is 2.01. The summed E-state index contributed by atoms with van der Waals surface area (Å²) in [5.41, 5.74) is 1.26. The average Bonchev–Trinajstić information content (AvgIpc) is 2.83. The number of fused-ring (bicyclic) bond motifs is 1. The van der Waals surface area contributed by atoms with Crippen molar-refractivity contribution in [1.82, 2.24) is 9.78 Å². The minimum Gasteiger partial charge on any atom is -0.370 e. The second-order valence-corrected chi connectivity index (χ2v) is 5.00. The number of aromatic nitrogens is 2. The summed E-state index contributed by atoms with van der Waals surface area (Å²) in [4.78, 5) is 0. The molecule has 1 aliphatic rings. The van der Waals surface area contributed by atoms with E-state index in [9.17, 15) is 13.2 Å². The van der Waals surface area contributed by atoms with E-state index in [1.807, 2.05) is 31.2 Å². The van der Waals surface area contributed by atoms with E-state index in [1.54, 1.807) is 0 Å². The zero-order valence-electron chi connectivity index (χ0n) is 10.9. The molecule has 0 aliphatic carbocycles. The monoisotopic (exact) mass is 281 g/mol. The highest BCUT2D eigenvalue weighted by molar-refractivity contribution is 5.42. The quantitative estimate of drug-likeness (QED) is 0.865. The van der Waals surface area contributed by atoms with Gasteiger partial charge in [0, 0.05) is 12.6 Å². The molecule has 0 saturated carbocycles. The van der Waals surface area contributed by atoms with Crippen LogP contribution in [-0.4, -0.2) is 16.3 Å². The molecular formula is C14H14F3N3. The highest BCUT2D eigenvalue weighted by atomic mass is 19.4. The van der Waals surface area contributed by atoms with Crippen LogP contribution in [0.25, 0.3) is 0 Å². The van der Waals surface area contributed by atoms with E-state index < -0.39 is 11.9 Å². The van der Waals surface area contributed by atoms with E-state index in [0.717, 1.165) is 23.6 Å². The van der Waals surface area contributed by atoms with Crippen molar-refractivity contribution in [3.8, 4) is 0 Å². The molecule has 0 radical (unpaired) electrons. The largest absolute Gasteiger partial charge is 0.435 e. The van der Waals surface area contributed by atoms with E-state index in [0.29, 0.717) is 12.4 Å². The van der Waals surface area contributed by atoms with Gasteiger partial charge in [0.1, 0.15) is 5.82 Å². The first-order chi connectivity index (χ1) is 9.45. The molecule has 106 valence electrons. The van der Waals surface area contributed by atoms with Gasteiger partial charge in [0.25, 0.3) is 0 Å². The van der Waals surface area contributed by atoms with Crippen LogP contribution in [0.3, 0.4) is 0 Å². The predicted octanol–water partition coefficient (Wildman–Crippen LogP) is 3.62. The second-order valence-electron chi connectivity index (χ2n) is 5.00. The van der Waals surface area contributed by atoms with Crippen molar-refractivity contribution in [2.75, 3.05) is 11.9 Å². The maximum atomic E-state index is 12.8. The van der Waals surface area contributed by atoms with Gasteiger partial charge in [-0.2, -0.15) is 18.3 Å².